The summed E-state index contributed by atoms with van der Waals surface area (Å²) in [5.74, 6) is 0. The van der Waals surface area contributed by atoms with Crippen molar-refractivity contribution in [3.8, 4) is 0 Å². The molecule has 0 aromatic heterocycles. The summed E-state index contributed by atoms with van der Waals surface area (Å²) in [5, 5.41) is 18.5. The maximum atomic E-state index is 9.23. The van der Waals surface area contributed by atoms with Gasteiger partial charge in [0.05, 0.1) is 19.3 Å². The van der Waals surface area contributed by atoms with Gasteiger partial charge in [-0.1, -0.05) is 24.3 Å². The molecule has 0 radical (unpaired) electrons. The molecular formula is C13H19BO4. The first-order chi connectivity index (χ1) is 8.77. The number of rotatable bonds is 5. The zero-order valence-corrected chi connectivity index (χ0v) is 10.4. The lowest BCUT2D eigenvalue weighted by molar-refractivity contribution is -0.0446. The van der Waals surface area contributed by atoms with Crippen molar-refractivity contribution in [3.05, 3.63) is 29.8 Å². The quantitative estimate of drug-likeness (QED) is 0.745. The monoisotopic (exact) mass is 250 g/mol. The van der Waals surface area contributed by atoms with Crippen molar-refractivity contribution in [2.24, 2.45) is 0 Å². The van der Waals surface area contributed by atoms with Gasteiger partial charge in [0, 0.05) is 6.61 Å². The summed E-state index contributed by atoms with van der Waals surface area (Å²) in [7, 11) is -1.45. The molecule has 2 N–H and O–H groups in total. The second-order valence-electron chi connectivity index (χ2n) is 4.58. The van der Waals surface area contributed by atoms with Crippen molar-refractivity contribution in [3.63, 3.8) is 0 Å². The van der Waals surface area contributed by atoms with Crippen LogP contribution in [-0.2, 0) is 16.1 Å². The lowest BCUT2D eigenvalue weighted by Gasteiger charge is -2.22. The Morgan fingerprint density at radius 1 is 1.28 bits per heavy atom. The van der Waals surface area contributed by atoms with Crippen molar-refractivity contribution in [1.29, 1.82) is 0 Å². The lowest BCUT2D eigenvalue weighted by atomic mass is 9.77. The highest BCUT2D eigenvalue weighted by Crippen LogP contribution is 2.13. The van der Waals surface area contributed by atoms with Gasteiger partial charge >= 0.3 is 7.12 Å². The highest BCUT2D eigenvalue weighted by atomic mass is 16.5. The average Bonchev–Trinajstić information content (AvgIpc) is 2.40. The fourth-order valence-electron chi connectivity index (χ4n) is 2.16. The third kappa shape index (κ3) is 3.81. The van der Waals surface area contributed by atoms with Crippen LogP contribution in [0.2, 0.25) is 0 Å². The molecule has 0 amide bonds. The summed E-state index contributed by atoms with van der Waals surface area (Å²) < 4.78 is 11.2. The Balaban J connectivity index is 1.82. The second-order valence-corrected chi connectivity index (χ2v) is 4.58. The van der Waals surface area contributed by atoms with Gasteiger partial charge in [0.25, 0.3) is 0 Å². The van der Waals surface area contributed by atoms with Gasteiger partial charge in [-0.2, -0.15) is 0 Å². The van der Waals surface area contributed by atoms with E-state index in [1.54, 1.807) is 12.1 Å². The standard InChI is InChI=1S/C13H19BO4/c15-14(16)13-7-2-1-5-11(13)9-17-10-12-6-3-4-8-18-12/h1-2,5,7,12,15-16H,3-4,6,8-10H2. The zero-order valence-electron chi connectivity index (χ0n) is 10.4. The Morgan fingerprint density at radius 2 is 2.11 bits per heavy atom. The van der Waals surface area contributed by atoms with Crippen molar-refractivity contribution in [2.75, 3.05) is 13.2 Å². The van der Waals surface area contributed by atoms with E-state index in [9.17, 15) is 10.0 Å². The molecule has 1 aromatic carbocycles. The normalized spacial score (nSPS) is 19.8. The molecule has 4 nitrogen and oxygen atoms in total. The summed E-state index contributed by atoms with van der Waals surface area (Å²) in [5.41, 5.74) is 1.31. The van der Waals surface area contributed by atoms with E-state index >= 15 is 0 Å². The Morgan fingerprint density at radius 3 is 2.83 bits per heavy atom. The number of benzene rings is 1. The molecule has 1 atom stereocenters. The van der Waals surface area contributed by atoms with E-state index in [0.717, 1.165) is 25.0 Å². The van der Waals surface area contributed by atoms with Crippen LogP contribution in [0.1, 0.15) is 24.8 Å². The molecule has 1 aliphatic heterocycles. The summed E-state index contributed by atoms with van der Waals surface area (Å²) in [6.07, 6.45) is 3.56. The molecule has 5 heteroatoms. The van der Waals surface area contributed by atoms with Crippen LogP contribution < -0.4 is 5.46 Å². The molecule has 1 fully saturated rings. The predicted octanol–water partition coefficient (Wildman–Crippen LogP) is 0.452. The van der Waals surface area contributed by atoms with Crippen LogP contribution in [0.4, 0.5) is 0 Å². The third-order valence-electron chi connectivity index (χ3n) is 3.17. The zero-order chi connectivity index (χ0) is 12.8. The Bertz CT molecular complexity index is 364. The van der Waals surface area contributed by atoms with Gasteiger partial charge in [-0.05, 0) is 30.3 Å². The van der Waals surface area contributed by atoms with E-state index in [-0.39, 0.29) is 6.10 Å². The van der Waals surface area contributed by atoms with Gasteiger partial charge < -0.3 is 19.5 Å². The van der Waals surface area contributed by atoms with E-state index in [0.29, 0.717) is 18.7 Å². The number of hydrogen-bond donors (Lipinski definition) is 2. The van der Waals surface area contributed by atoms with Crippen LogP contribution in [-0.4, -0.2) is 36.5 Å². The minimum absolute atomic E-state index is 0.185. The SMILES string of the molecule is OB(O)c1ccccc1COCC1CCCCO1. The minimum Gasteiger partial charge on any atom is -0.423 e. The van der Waals surface area contributed by atoms with Gasteiger partial charge in [-0.15, -0.1) is 0 Å². The van der Waals surface area contributed by atoms with Gasteiger partial charge in [0.1, 0.15) is 0 Å². The maximum absolute atomic E-state index is 9.23. The van der Waals surface area contributed by atoms with Crippen LogP contribution in [0, 0.1) is 0 Å². The third-order valence-corrected chi connectivity index (χ3v) is 3.17. The second kappa shape index (κ2) is 6.90. The fourth-order valence-corrected chi connectivity index (χ4v) is 2.16. The molecule has 1 aliphatic rings. The summed E-state index contributed by atoms with van der Waals surface area (Å²) in [4.78, 5) is 0. The molecule has 1 unspecified atom stereocenters. The Labute approximate surface area is 108 Å². The van der Waals surface area contributed by atoms with E-state index in [1.165, 1.54) is 6.42 Å². The maximum Gasteiger partial charge on any atom is 0.488 e. The molecular weight excluding hydrogens is 231 g/mol. The van der Waals surface area contributed by atoms with E-state index in [2.05, 4.69) is 0 Å². The average molecular weight is 250 g/mol. The Kier molecular flexibility index (Phi) is 5.19. The number of hydrogen-bond acceptors (Lipinski definition) is 4. The summed E-state index contributed by atoms with van der Waals surface area (Å²) in [6.45, 7) is 1.77. The van der Waals surface area contributed by atoms with Crippen molar-refractivity contribution >= 4 is 12.6 Å². The van der Waals surface area contributed by atoms with Crippen LogP contribution in [0.3, 0.4) is 0 Å². The van der Waals surface area contributed by atoms with Crippen molar-refractivity contribution < 1.29 is 19.5 Å². The molecule has 0 spiro atoms. The van der Waals surface area contributed by atoms with Crippen LogP contribution in [0.25, 0.3) is 0 Å². The molecule has 1 saturated heterocycles. The van der Waals surface area contributed by atoms with Gasteiger partial charge in [0.15, 0.2) is 0 Å². The molecule has 1 heterocycles. The van der Waals surface area contributed by atoms with E-state index in [1.807, 2.05) is 12.1 Å². The lowest BCUT2D eigenvalue weighted by Crippen LogP contribution is -2.33. The molecule has 0 aliphatic carbocycles. The van der Waals surface area contributed by atoms with Gasteiger partial charge in [-0.3, -0.25) is 0 Å². The van der Waals surface area contributed by atoms with Crippen LogP contribution >= 0.6 is 0 Å². The molecule has 0 saturated carbocycles. The first-order valence-corrected chi connectivity index (χ1v) is 6.40. The predicted molar refractivity (Wildman–Crippen MR) is 69.5 cm³/mol. The van der Waals surface area contributed by atoms with E-state index < -0.39 is 7.12 Å². The highest BCUT2D eigenvalue weighted by Gasteiger charge is 2.17. The Hall–Kier alpha value is -0.875. The molecule has 18 heavy (non-hydrogen) atoms. The fraction of sp³-hybridized carbons (Fsp3) is 0.538. The molecule has 98 valence electrons. The first-order valence-electron chi connectivity index (χ1n) is 6.40. The summed E-state index contributed by atoms with van der Waals surface area (Å²) in [6, 6.07) is 7.18. The molecule has 2 rings (SSSR count). The van der Waals surface area contributed by atoms with Crippen molar-refractivity contribution in [1.82, 2.24) is 0 Å². The minimum atomic E-state index is -1.45. The summed E-state index contributed by atoms with van der Waals surface area (Å²) >= 11 is 0. The molecule has 0 bridgehead atoms. The highest BCUT2D eigenvalue weighted by molar-refractivity contribution is 6.59. The van der Waals surface area contributed by atoms with Crippen LogP contribution in [0.5, 0.6) is 0 Å². The molecule has 1 aromatic rings. The largest absolute Gasteiger partial charge is 0.488 e. The van der Waals surface area contributed by atoms with Crippen LogP contribution in [0.15, 0.2) is 24.3 Å². The smallest absolute Gasteiger partial charge is 0.423 e. The first kappa shape index (κ1) is 13.6. The number of ether oxygens (including phenoxy) is 2. The van der Waals surface area contributed by atoms with Crippen molar-refractivity contribution in [2.45, 2.75) is 32.0 Å². The van der Waals surface area contributed by atoms with E-state index in [4.69, 9.17) is 9.47 Å². The van der Waals surface area contributed by atoms with Gasteiger partial charge in [-0.25, -0.2) is 0 Å². The topological polar surface area (TPSA) is 58.9 Å². The van der Waals surface area contributed by atoms with Gasteiger partial charge in [0.2, 0.25) is 0 Å².